The van der Waals surface area contributed by atoms with Gasteiger partial charge in [-0.3, -0.25) is 14.3 Å². The fourth-order valence-electron chi connectivity index (χ4n) is 3.87. The highest BCUT2D eigenvalue weighted by Gasteiger charge is 2.38. The van der Waals surface area contributed by atoms with E-state index in [9.17, 15) is 14.7 Å². The summed E-state index contributed by atoms with van der Waals surface area (Å²) in [5.74, 6) is 0.669. The monoisotopic (exact) mass is 391 g/mol. The number of carbonyl (C=O) groups is 1. The quantitative estimate of drug-likeness (QED) is 0.853. The number of hydrogen-bond donors (Lipinski definition) is 1. The standard InChI is InChI=1S/C18H22ClN5O3/c1-11-6-7-22(9-11)17(26)14-4-5-15(25)16-21-23(18(27)24(14)16)10-13-3-2-12(19)8-20-13/h2-3,8,11,14-15,25H,4-7,9-10H2,1H3/t11-,14-,15?/m0/s1. The summed E-state index contributed by atoms with van der Waals surface area (Å²) in [5.41, 5.74) is 0.230. The molecule has 0 aliphatic carbocycles. The molecule has 3 atom stereocenters. The Morgan fingerprint density at radius 2 is 2.15 bits per heavy atom. The van der Waals surface area contributed by atoms with E-state index in [0.29, 0.717) is 42.6 Å². The van der Waals surface area contributed by atoms with Crippen LogP contribution in [0.25, 0.3) is 0 Å². The summed E-state index contributed by atoms with van der Waals surface area (Å²) in [7, 11) is 0. The highest BCUT2D eigenvalue weighted by Crippen LogP contribution is 2.31. The third-order valence-corrected chi connectivity index (χ3v) is 5.56. The van der Waals surface area contributed by atoms with Crippen LogP contribution in [0.1, 0.15) is 49.9 Å². The van der Waals surface area contributed by atoms with Crippen molar-refractivity contribution in [3.63, 3.8) is 0 Å². The van der Waals surface area contributed by atoms with Crippen molar-refractivity contribution in [1.82, 2.24) is 24.2 Å². The minimum atomic E-state index is -0.848. The van der Waals surface area contributed by atoms with Crippen LogP contribution in [0.2, 0.25) is 5.02 Å². The Balaban J connectivity index is 1.65. The lowest BCUT2D eigenvalue weighted by atomic mass is 10.0. The molecule has 2 aromatic heterocycles. The first-order valence-corrected chi connectivity index (χ1v) is 9.58. The second kappa shape index (κ2) is 7.09. The first-order valence-electron chi connectivity index (χ1n) is 9.20. The number of rotatable bonds is 3. The van der Waals surface area contributed by atoms with E-state index in [1.807, 2.05) is 4.90 Å². The topological polar surface area (TPSA) is 93.2 Å². The summed E-state index contributed by atoms with van der Waals surface area (Å²) in [6.45, 7) is 3.70. The second-order valence-corrected chi connectivity index (χ2v) is 7.86. The molecule has 144 valence electrons. The smallest absolute Gasteiger partial charge is 0.347 e. The molecule has 0 saturated carbocycles. The Hall–Kier alpha value is -2.19. The molecule has 8 nitrogen and oxygen atoms in total. The lowest BCUT2D eigenvalue weighted by Gasteiger charge is -2.29. The van der Waals surface area contributed by atoms with Crippen LogP contribution in [0.4, 0.5) is 0 Å². The predicted octanol–water partition coefficient (Wildman–Crippen LogP) is 1.38. The van der Waals surface area contributed by atoms with Crippen LogP contribution in [-0.2, 0) is 11.3 Å². The van der Waals surface area contributed by atoms with E-state index in [0.717, 1.165) is 6.42 Å². The number of amides is 1. The van der Waals surface area contributed by atoms with E-state index in [-0.39, 0.29) is 18.3 Å². The minimum absolute atomic E-state index is 0.0567. The summed E-state index contributed by atoms with van der Waals surface area (Å²) in [6, 6.07) is 2.81. The SMILES string of the molecule is C[C@H]1CCN(C(=O)[C@@H]2CCC(O)c3nn(Cc4ccc(Cl)cn4)c(=O)n32)C1. The third-order valence-electron chi connectivity index (χ3n) is 5.34. The van der Waals surface area contributed by atoms with Crippen LogP contribution in [-0.4, -0.2) is 48.3 Å². The van der Waals surface area contributed by atoms with E-state index in [2.05, 4.69) is 17.0 Å². The predicted molar refractivity (Wildman–Crippen MR) is 98.4 cm³/mol. The number of fused-ring (bicyclic) bond motifs is 1. The molecule has 27 heavy (non-hydrogen) atoms. The molecule has 1 saturated heterocycles. The summed E-state index contributed by atoms with van der Waals surface area (Å²) in [5, 5.41) is 15.1. The molecule has 0 bridgehead atoms. The lowest BCUT2D eigenvalue weighted by Crippen LogP contribution is -2.42. The van der Waals surface area contributed by atoms with Gasteiger partial charge in [-0.2, -0.15) is 5.10 Å². The first-order chi connectivity index (χ1) is 12.9. The Labute approximate surface area is 161 Å². The van der Waals surface area contributed by atoms with Crippen molar-refractivity contribution in [3.05, 3.63) is 45.4 Å². The molecule has 1 unspecified atom stereocenters. The number of aliphatic hydroxyl groups is 1. The van der Waals surface area contributed by atoms with Gasteiger partial charge in [0.25, 0.3) is 0 Å². The average molecular weight is 392 g/mol. The highest BCUT2D eigenvalue weighted by atomic mass is 35.5. The second-order valence-electron chi connectivity index (χ2n) is 7.42. The third kappa shape index (κ3) is 3.39. The Kier molecular flexibility index (Phi) is 4.77. The Morgan fingerprint density at radius 3 is 2.81 bits per heavy atom. The van der Waals surface area contributed by atoms with Gasteiger partial charge in [0.2, 0.25) is 5.91 Å². The van der Waals surface area contributed by atoms with Gasteiger partial charge in [0.05, 0.1) is 17.3 Å². The van der Waals surface area contributed by atoms with Gasteiger partial charge >= 0.3 is 5.69 Å². The molecular formula is C18H22ClN5O3. The fraction of sp³-hybridized carbons (Fsp3) is 0.556. The number of aliphatic hydroxyl groups excluding tert-OH is 1. The molecule has 2 aliphatic heterocycles. The summed E-state index contributed by atoms with van der Waals surface area (Å²) < 4.78 is 2.63. The molecule has 1 fully saturated rings. The number of nitrogens with zero attached hydrogens (tertiary/aromatic N) is 5. The van der Waals surface area contributed by atoms with Crippen molar-refractivity contribution in [3.8, 4) is 0 Å². The van der Waals surface area contributed by atoms with Crippen molar-refractivity contribution in [1.29, 1.82) is 0 Å². The van der Waals surface area contributed by atoms with Crippen LogP contribution in [0, 0.1) is 5.92 Å². The van der Waals surface area contributed by atoms with E-state index in [1.54, 1.807) is 12.1 Å². The first kappa shape index (κ1) is 18.2. The molecule has 0 spiro atoms. The molecule has 2 aliphatic rings. The van der Waals surface area contributed by atoms with Gasteiger partial charge in [0.15, 0.2) is 5.82 Å². The van der Waals surface area contributed by atoms with Crippen LogP contribution in [0.5, 0.6) is 0 Å². The maximum absolute atomic E-state index is 13.0. The zero-order valence-electron chi connectivity index (χ0n) is 15.1. The highest BCUT2D eigenvalue weighted by molar-refractivity contribution is 6.30. The van der Waals surface area contributed by atoms with Gasteiger partial charge in [0, 0.05) is 19.3 Å². The number of aromatic nitrogens is 4. The molecule has 9 heteroatoms. The molecule has 4 heterocycles. The average Bonchev–Trinajstić information content (AvgIpc) is 3.22. The fourth-order valence-corrected chi connectivity index (χ4v) is 3.98. The van der Waals surface area contributed by atoms with Gasteiger partial charge in [-0.1, -0.05) is 18.5 Å². The molecule has 4 rings (SSSR count). The van der Waals surface area contributed by atoms with Crippen molar-refractivity contribution in [2.75, 3.05) is 13.1 Å². The van der Waals surface area contributed by atoms with E-state index in [4.69, 9.17) is 11.6 Å². The summed E-state index contributed by atoms with van der Waals surface area (Å²) in [6.07, 6.45) is 2.48. The zero-order chi connectivity index (χ0) is 19.1. The van der Waals surface area contributed by atoms with Crippen molar-refractivity contribution < 1.29 is 9.90 Å². The van der Waals surface area contributed by atoms with Gasteiger partial charge in [-0.25, -0.2) is 9.48 Å². The zero-order valence-corrected chi connectivity index (χ0v) is 15.8. The van der Waals surface area contributed by atoms with E-state index >= 15 is 0 Å². The van der Waals surface area contributed by atoms with Gasteiger partial charge in [-0.05, 0) is 37.3 Å². The largest absolute Gasteiger partial charge is 0.385 e. The van der Waals surface area contributed by atoms with Crippen molar-refractivity contribution in [2.24, 2.45) is 5.92 Å². The number of pyridine rings is 1. The Bertz CT molecular complexity index is 907. The normalized spacial score (nSPS) is 24.9. The van der Waals surface area contributed by atoms with Gasteiger partial charge in [-0.15, -0.1) is 0 Å². The van der Waals surface area contributed by atoms with E-state index < -0.39 is 17.8 Å². The Morgan fingerprint density at radius 1 is 1.33 bits per heavy atom. The van der Waals surface area contributed by atoms with Crippen LogP contribution in [0.15, 0.2) is 23.1 Å². The molecule has 0 aromatic carbocycles. The number of carbonyl (C=O) groups excluding carboxylic acids is 1. The summed E-state index contributed by atoms with van der Waals surface area (Å²) >= 11 is 5.85. The minimum Gasteiger partial charge on any atom is -0.385 e. The molecular weight excluding hydrogens is 370 g/mol. The van der Waals surface area contributed by atoms with E-state index in [1.165, 1.54) is 15.4 Å². The van der Waals surface area contributed by atoms with Crippen LogP contribution < -0.4 is 5.69 Å². The lowest BCUT2D eigenvalue weighted by molar-refractivity contribution is -0.135. The molecule has 1 N–H and O–H groups in total. The number of hydrogen-bond acceptors (Lipinski definition) is 5. The van der Waals surface area contributed by atoms with Crippen molar-refractivity contribution >= 4 is 17.5 Å². The van der Waals surface area contributed by atoms with Gasteiger partial charge < -0.3 is 10.0 Å². The van der Waals surface area contributed by atoms with Crippen LogP contribution >= 0.6 is 11.6 Å². The molecule has 2 aromatic rings. The van der Waals surface area contributed by atoms with Crippen molar-refractivity contribution in [2.45, 2.75) is 44.9 Å². The maximum atomic E-state index is 13.0. The molecule has 1 amide bonds. The number of halogens is 1. The number of likely N-dealkylation sites (tertiary alicyclic amines) is 1. The maximum Gasteiger partial charge on any atom is 0.347 e. The molecule has 0 radical (unpaired) electrons. The van der Waals surface area contributed by atoms with Crippen LogP contribution in [0.3, 0.4) is 0 Å². The summed E-state index contributed by atoms with van der Waals surface area (Å²) in [4.78, 5) is 32.0. The van der Waals surface area contributed by atoms with Gasteiger partial charge in [0.1, 0.15) is 12.1 Å².